The van der Waals surface area contributed by atoms with Crippen molar-refractivity contribution in [1.82, 2.24) is 5.32 Å². The first-order chi connectivity index (χ1) is 6.11. The van der Waals surface area contributed by atoms with E-state index in [9.17, 15) is 4.79 Å². The minimum Gasteiger partial charge on any atom is -0.350 e. The number of alkyl halides is 1. The average Bonchev–Trinajstić information content (AvgIpc) is 2.47. The highest BCUT2D eigenvalue weighted by Gasteiger charge is 2.11. The second-order valence-electron chi connectivity index (χ2n) is 2.59. The number of amides is 1. The molecule has 0 radical (unpaired) electrons. The van der Waals surface area contributed by atoms with Gasteiger partial charge in [-0.1, -0.05) is 34.5 Å². The molecule has 0 fully saturated rings. The van der Waals surface area contributed by atoms with Crippen molar-refractivity contribution in [2.45, 2.75) is 11.8 Å². The fourth-order valence-corrected chi connectivity index (χ4v) is 1.99. The molecule has 0 aliphatic carbocycles. The van der Waals surface area contributed by atoms with Crippen LogP contribution in [0.4, 0.5) is 0 Å². The molecule has 72 valence electrons. The molecule has 0 bridgehead atoms. The molecule has 0 aromatic carbocycles. The van der Waals surface area contributed by atoms with E-state index in [1.807, 2.05) is 6.92 Å². The normalized spacial score (nSPS) is 12.5. The predicted octanol–water partition coefficient (Wildman–Crippen LogP) is 2.91. The van der Waals surface area contributed by atoms with Crippen molar-refractivity contribution in [2.24, 2.45) is 0 Å². The zero-order chi connectivity index (χ0) is 9.84. The van der Waals surface area contributed by atoms with Gasteiger partial charge in [0.15, 0.2) is 0 Å². The topological polar surface area (TPSA) is 29.1 Å². The third kappa shape index (κ3) is 3.29. The zero-order valence-corrected chi connectivity index (χ0v) is 10.2. The molecule has 1 aromatic heterocycles. The highest BCUT2D eigenvalue weighted by molar-refractivity contribution is 9.09. The Morgan fingerprint density at radius 2 is 2.54 bits per heavy atom. The Bertz CT molecular complexity index is 300. The maximum Gasteiger partial charge on any atom is 0.262 e. The van der Waals surface area contributed by atoms with E-state index in [4.69, 9.17) is 11.6 Å². The van der Waals surface area contributed by atoms with Crippen LogP contribution in [0.2, 0.25) is 5.02 Å². The molecule has 1 unspecified atom stereocenters. The monoisotopic (exact) mass is 281 g/mol. The summed E-state index contributed by atoms with van der Waals surface area (Å²) in [5.74, 6) is -0.105. The number of hydrogen-bond donors (Lipinski definition) is 1. The minimum absolute atomic E-state index is 0.105. The predicted molar refractivity (Wildman–Crippen MR) is 60.1 cm³/mol. The van der Waals surface area contributed by atoms with Crippen molar-refractivity contribution < 1.29 is 4.79 Å². The van der Waals surface area contributed by atoms with Gasteiger partial charge in [0.05, 0.1) is 5.02 Å². The van der Waals surface area contributed by atoms with Crippen molar-refractivity contribution in [1.29, 1.82) is 0 Å². The summed E-state index contributed by atoms with van der Waals surface area (Å²) in [4.78, 5) is 12.3. The van der Waals surface area contributed by atoms with Crippen molar-refractivity contribution >= 4 is 44.8 Å². The van der Waals surface area contributed by atoms with Gasteiger partial charge in [0, 0.05) is 11.4 Å². The molecule has 0 spiro atoms. The van der Waals surface area contributed by atoms with E-state index in [2.05, 4.69) is 21.2 Å². The molecule has 5 heteroatoms. The Balaban J connectivity index is 2.54. The maximum absolute atomic E-state index is 11.4. The van der Waals surface area contributed by atoms with Gasteiger partial charge in [0.2, 0.25) is 0 Å². The summed E-state index contributed by atoms with van der Waals surface area (Å²) in [6.07, 6.45) is 0. The Hall–Kier alpha value is -0.0600. The number of carbonyl (C=O) groups is 1. The fourth-order valence-electron chi connectivity index (χ4n) is 0.769. The Morgan fingerprint density at radius 3 is 3.00 bits per heavy atom. The summed E-state index contributed by atoms with van der Waals surface area (Å²) >= 11 is 10.5. The van der Waals surface area contributed by atoms with Gasteiger partial charge in [0.25, 0.3) is 5.91 Å². The summed E-state index contributed by atoms with van der Waals surface area (Å²) in [5.41, 5.74) is 0. The number of halogens is 2. The van der Waals surface area contributed by atoms with E-state index in [0.717, 1.165) is 0 Å². The first-order valence-electron chi connectivity index (χ1n) is 3.76. The third-order valence-electron chi connectivity index (χ3n) is 1.37. The number of nitrogens with one attached hydrogen (secondary N) is 1. The first kappa shape index (κ1) is 11.0. The molecule has 0 saturated carbocycles. The average molecular weight is 283 g/mol. The highest BCUT2D eigenvalue weighted by atomic mass is 79.9. The second kappa shape index (κ2) is 4.98. The lowest BCUT2D eigenvalue weighted by Crippen LogP contribution is -2.27. The molecule has 1 aromatic rings. The highest BCUT2D eigenvalue weighted by Crippen LogP contribution is 2.21. The van der Waals surface area contributed by atoms with Gasteiger partial charge in [-0.15, -0.1) is 11.3 Å². The molecular formula is C8H9BrClNOS. The molecule has 1 N–H and O–H groups in total. The summed E-state index contributed by atoms with van der Waals surface area (Å²) in [7, 11) is 0. The van der Waals surface area contributed by atoms with Gasteiger partial charge in [-0.3, -0.25) is 4.79 Å². The van der Waals surface area contributed by atoms with Crippen molar-refractivity contribution in [3.8, 4) is 0 Å². The SMILES string of the molecule is CC(Br)CNC(=O)c1sccc1Cl. The number of rotatable bonds is 3. The van der Waals surface area contributed by atoms with Gasteiger partial charge in [-0.25, -0.2) is 0 Å². The molecule has 1 amide bonds. The van der Waals surface area contributed by atoms with Crippen molar-refractivity contribution in [2.75, 3.05) is 6.54 Å². The molecular weight excluding hydrogens is 274 g/mol. The van der Waals surface area contributed by atoms with E-state index >= 15 is 0 Å². The van der Waals surface area contributed by atoms with Crippen LogP contribution in [0.15, 0.2) is 11.4 Å². The second-order valence-corrected chi connectivity index (χ2v) is 5.47. The van der Waals surface area contributed by atoms with Crippen LogP contribution in [0, 0.1) is 0 Å². The molecule has 1 heterocycles. The smallest absolute Gasteiger partial charge is 0.262 e. The molecule has 13 heavy (non-hydrogen) atoms. The maximum atomic E-state index is 11.4. The molecule has 2 nitrogen and oxygen atoms in total. The summed E-state index contributed by atoms with van der Waals surface area (Å²) in [6.45, 7) is 2.57. The Labute approximate surface area is 94.4 Å². The summed E-state index contributed by atoms with van der Waals surface area (Å²) < 4.78 is 0. The van der Waals surface area contributed by atoms with E-state index in [1.165, 1.54) is 11.3 Å². The van der Waals surface area contributed by atoms with Crippen LogP contribution in [0.25, 0.3) is 0 Å². The van der Waals surface area contributed by atoms with E-state index in [0.29, 0.717) is 16.4 Å². The van der Waals surface area contributed by atoms with Gasteiger partial charge >= 0.3 is 0 Å². The first-order valence-corrected chi connectivity index (χ1v) is 5.94. The Morgan fingerprint density at radius 1 is 1.85 bits per heavy atom. The van der Waals surface area contributed by atoms with Crippen LogP contribution < -0.4 is 5.32 Å². The van der Waals surface area contributed by atoms with E-state index in [1.54, 1.807) is 11.4 Å². The Kier molecular flexibility index (Phi) is 4.22. The van der Waals surface area contributed by atoms with Crippen molar-refractivity contribution in [3.63, 3.8) is 0 Å². The number of hydrogen-bond acceptors (Lipinski definition) is 2. The lowest BCUT2D eigenvalue weighted by molar-refractivity contribution is 0.0958. The lowest BCUT2D eigenvalue weighted by Gasteiger charge is -2.04. The van der Waals surface area contributed by atoms with Crippen LogP contribution in [0.5, 0.6) is 0 Å². The summed E-state index contributed by atoms with van der Waals surface area (Å²) in [5, 5.41) is 5.08. The molecule has 0 aliphatic heterocycles. The standard InChI is InChI=1S/C8H9BrClNOS/c1-5(9)4-11-8(12)7-6(10)2-3-13-7/h2-3,5H,4H2,1H3,(H,11,12). The van der Waals surface area contributed by atoms with Crippen LogP contribution in [0.1, 0.15) is 16.6 Å². The number of carbonyl (C=O) groups excluding carboxylic acids is 1. The van der Waals surface area contributed by atoms with Crippen LogP contribution in [-0.2, 0) is 0 Å². The summed E-state index contributed by atoms with van der Waals surface area (Å²) in [6, 6.07) is 1.72. The van der Waals surface area contributed by atoms with Crippen LogP contribution >= 0.6 is 38.9 Å². The lowest BCUT2D eigenvalue weighted by atomic mass is 10.4. The van der Waals surface area contributed by atoms with Crippen LogP contribution in [-0.4, -0.2) is 17.3 Å². The quantitative estimate of drug-likeness (QED) is 0.849. The van der Waals surface area contributed by atoms with Gasteiger partial charge in [-0.2, -0.15) is 0 Å². The molecule has 1 rings (SSSR count). The molecule has 1 atom stereocenters. The van der Waals surface area contributed by atoms with E-state index in [-0.39, 0.29) is 10.7 Å². The third-order valence-corrected chi connectivity index (χ3v) is 3.03. The fraction of sp³-hybridized carbons (Fsp3) is 0.375. The number of thiophene rings is 1. The van der Waals surface area contributed by atoms with Gasteiger partial charge in [0.1, 0.15) is 4.88 Å². The minimum atomic E-state index is -0.105. The van der Waals surface area contributed by atoms with Crippen LogP contribution in [0.3, 0.4) is 0 Å². The van der Waals surface area contributed by atoms with Gasteiger partial charge in [-0.05, 0) is 11.4 Å². The molecule has 0 aliphatic rings. The molecule has 0 saturated heterocycles. The largest absolute Gasteiger partial charge is 0.350 e. The van der Waals surface area contributed by atoms with E-state index < -0.39 is 0 Å². The van der Waals surface area contributed by atoms with Gasteiger partial charge < -0.3 is 5.32 Å². The van der Waals surface area contributed by atoms with Crippen molar-refractivity contribution in [3.05, 3.63) is 21.3 Å². The zero-order valence-electron chi connectivity index (χ0n) is 7.01.